The van der Waals surface area contributed by atoms with Crippen LogP contribution in [-0.2, 0) is 16.0 Å². The zero-order valence-corrected chi connectivity index (χ0v) is 15.7. The van der Waals surface area contributed by atoms with Gasteiger partial charge in [0, 0.05) is 5.56 Å². The average Bonchev–Trinajstić information content (AvgIpc) is 3.10. The lowest BCUT2D eigenvalue weighted by atomic mass is 10.0. The summed E-state index contributed by atoms with van der Waals surface area (Å²) < 4.78 is 1.69. The van der Waals surface area contributed by atoms with E-state index in [1.807, 2.05) is 60.7 Å². The maximum absolute atomic E-state index is 12.5. The molecule has 7 nitrogen and oxygen atoms in total. The fourth-order valence-corrected chi connectivity index (χ4v) is 2.96. The lowest BCUT2D eigenvalue weighted by molar-refractivity contribution is -0.143. The predicted molar refractivity (Wildman–Crippen MR) is 105 cm³/mol. The maximum Gasteiger partial charge on any atom is 0.326 e. The van der Waals surface area contributed by atoms with E-state index in [9.17, 15) is 14.7 Å². The molecule has 0 radical (unpaired) electrons. The molecule has 1 unspecified atom stereocenters. The molecule has 0 saturated heterocycles. The Bertz CT molecular complexity index is 952. The summed E-state index contributed by atoms with van der Waals surface area (Å²) in [6, 6.07) is 18.1. The van der Waals surface area contributed by atoms with Gasteiger partial charge in [-0.25, -0.2) is 9.48 Å². The second-order valence-corrected chi connectivity index (χ2v) is 6.80. The second kappa shape index (κ2) is 8.47. The van der Waals surface area contributed by atoms with Crippen molar-refractivity contribution in [1.29, 1.82) is 0 Å². The molecular weight excluding hydrogens is 356 g/mol. The first-order chi connectivity index (χ1) is 13.5. The molecule has 3 rings (SSSR count). The number of nitrogens with one attached hydrogen (secondary N) is 1. The summed E-state index contributed by atoms with van der Waals surface area (Å²) in [5.74, 6) is -1.69. The van der Waals surface area contributed by atoms with Crippen molar-refractivity contribution in [1.82, 2.24) is 20.3 Å². The molecule has 0 saturated carbocycles. The quantitative estimate of drug-likeness (QED) is 0.659. The second-order valence-electron chi connectivity index (χ2n) is 6.80. The van der Waals surface area contributed by atoms with Crippen molar-refractivity contribution in [2.45, 2.75) is 26.3 Å². The first kappa shape index (κ1) is 19.3. The van der Waals surface area contributed by atoms with Gasteiger partial charge in [0.05, 0.1) is 17.8 Å². The van der Waals surface area contributed by atoms with Crippen molar-refractivity contribution >= 4 is 11.9 Å². The fourth-order valence-electron chi connectivity index (χ4n) is 2.96. The number of aliphatic carboxylic acids is 1. The minimum absolute atomic E-state index is 0.0619. The highest BCUT2D eigenvalue weighted by Crippen LogP contribution is 2.25. The smallest absolute Gasteiger partial charge is 0.326 e. The molecule has 0 spiro atoms. The van der Waals surface area contributed by atoms with E-state index in [1.54, 1.807) is 18.5 Å². The summed E-state index contributed by atoms with van der Waals surface area (Å²) in [7, 11) is 0. The summed E-state index contributed by atoms with van der Waals surface area (Å²) in [4.78, 5) is 23.9. The highest BCUT2D eigenvalue weighted by atomic mass is 16.4. The number of carboxylic acid groups (broad SMARTS) is 1. The molecule has 0 aliphatic heterocycles. The Labute approximate surface area is 163 Å². The number of carboxylic acids is 1. The number of hydrogen-bond donors (Lipinski definition) is 2. The van der Waals surface area contributed by atoms with Crippen LogP contribution in [0.2, 0.25) is 0 Å². The Hall–Kier alpha value is -3.48. The van der Waals surface area contributed by atoms with Crippen LogP contribution in [0.5, 0.6) is 0 Å². The summed E-state index contributed by atoms with van der Waals surface area (Å²) in [5.41, 5.74) is 2.89. The largest absolute Gasteiger partial charge is 0.480 e. The first-order valence-corrected chi connectivity index (χ1v) is 9.05. The number of nitrogens with zero attached hydrogens (tertiary/aromatic N) is 3. The highest BCUT2D eigenvalue weighted by molar-refractivity contribution is 5.86. The van der Waals surface area contributed by atoms with Crippen molar-refractivity contribution < 1.29 is 14.7 Å². The van der Waals surface area contributed by atoms with Gasteiger partial charge in [-0.15, -0.1) is 5.10 Å². The van der Waals surface area contributed by atoms with Crippen molar-refractivity contribution in [3.05, 3.63) is 66.4 Å². The molecule has 0 bridgehead atoms. The lowest BCUT2D eigenvalue weighted by Gasteiger charge is -2.17. The molecule has 7 heteroatoms. The van der Waals surface area contributed by atoms with E-state index >= 15 is 0 Å². The first-order valence-electron chi connectivity index (χ1n) is 9.05. The standard InChI is InChI=1S/C21H22N4O3/c1-14(2)19(21(27)28)22-18(26)13-17-20(15-9-5-3-6-10-15)25(24-23-17)16-11-7-4-8-12-16/h3-12,14,19H,13H2,1-2H3,(H,22,26)(H,27,28). The Morgan fingerprint density at radius 1 is 1.04 bits per heavy atom. The minimum atomic E-state index is -1.06. The Morgan fingerprint density at radius 3 is 2.21 bits per heavy atom. The van der Waals surface area contributed by atoms with Gasteiger partial charge >= 0.3 is 5.97 Å². The minimum Gasteiger partial charge on any atom is -0.480 e. The number of benzene rings is 2. The number of aromatic nitrogens is 3. The van der Waals surface area contributed by atoms with Crippen molar-refractivity contribution in [3.63, 3.8) is 0 Å². The Morgan fingerprint density at radius 2 is 1.64 bits per heavy atom. The zero-order valence-electron chi connectivity index (χ0n) is 15.7. The molecule has 2 aromatic carbocycles. The Kier molecular flexibility index (Phi) is 5.84. The molecule has 1 aromatic heterocycles. The molecule has 1 atom stereocenters. The SMILES string of the molecule is CC(C)C(NC(=O)Cc1nnn(-c2ccccc2)c1-c1ccccc1)C(=O)O. The van der Waals surface area contributed by atoms with E-state index in [2.05, 4.69) is 15.6 Å². The van der Waals surface area contributed by atoms with Crippen molar-refractivity contribution in [3.8, 4) is 16.9 Å². The van der Waals surface area contributed by atoms with E-state index in [1.165, 1.54) is 0 Å². The zero-order chi connectivity index (χ0) is 20.1. The Balaban J connectivity index is 1.95. The van der Waals surface area contributed by atoms with Crippen LogP contribution in [0.15, 0.2) is 60.7 Å². The topological polar surface area (TPSA) is 97.1 Å². The number of carbonyl (C=O) groups is 2. The van der Waals surface area contributed by atoms with Crippen LogP contribution in [0.4, 0.5) is 0 Å². The normalized spacial score (nSPS) is 12.0. The van der Waals surface area contributed by atoms with Gasteiger partial charge in [0.15, 0.2) is 0 Å². The van der Waals surface area contributed by atoms with Gasteiger partial charge in [-0.1, -0.05) is 67.6 Å². The molecule has 0 aliphatic carbocycles. The van der Waals surface area contributed by atoms with E-state index in [4.69, 9.17) is 0 Å². The molecule has 28 heavy (non-hydrogen) atoms. The summed E-state index contributed by atoms with van der Waals surface area (Å²) in [6.45, 7) is 3.50. The maximum atomic E-state index is 12.5. The van der Waals surface area contributed by atoms with Crippen LogP contribution >= 0.6 is 0 Å². The molecule has 144 valence electrons. The van der Waals surface area contributed by atoms with Gasteiger partial charge in [-0.3, -0.25) is 4.79 Å². The third-order valence-electron chi connectivity index (χ3n) is 4.37. The van der Waals surface area contributed by atoms with Crippen molar-refractivity contribution in [2.75, 3.05) is 0 Å². The molecule has 2 N–H and O–H groups in total. The third-order valence-corrected chi connectivity index (χ3v) is 4.37. The van der Waals surface area contributed by atoms with E-state index < -0.39 is 17.9 Å². The van der Waals surface area contributed by atoms with Gasteiger partial charge in [-0.2, -0.15) is 0 Å². The molecule has 0 aliphatic rings. The number of para-hydroxylation sites is 1. The van der Waals surface area contributed by atoms with Gasteiger partial charge < -0.3 is 10.4 Å². The van der Waals surface area contributed by atoms with E-state index in [-0.39, 0.29) is 12.3 Å². The van der Waals surface area contributed by atoms with E-state index in [0.717, 1.165) is 11.3 Å². The molecule has 1 amide bonds. The van der Waals surface area contributed by atoms with Gasteiger partial charge in [-0.05, 0) is 18.1 Å². The predicted octanol–water partition coefficient (Wildman–Crippen LogP) is 2.70. The van der Waals surface area contributed by atoms with Crippen LogP contribution < -0.4 is 5.32 Å². The van der Waals surface area contributed by atoms with Gasteiger partial charge in [0.2, 0.25) is 5.91 Å². The summed E-state index contributed by atoms with van der Waals surface area (Å²) in [5, 5.41) is 20.3. The monoisotopic (exact) mass is 378 g/mol. The third kappa shape index (κ3) is 4.25. The fraction of sp³-hybridized carbons (Fsp3) is 0.238. The molecule has 3 aromatic rings. The molecule has 0 fully saturated rings. The average molecular weight is 378 g/mol. The highest BCUT2D eigenvalue weighted by Gasteiger charge is 2.25. The number of amides is 1. The van der Waals surface area contributed by atoms with Crippen LogP contribution in [0.25, 0.3) is 16.9 Å². The lowest BCUT2D eigenvalue weighted by Crippen LogP contribution is -2.45. The number of hydrogen-bond acceptors (Lipinski definition) is 4. The molecular formula is C21H22N4O3. The van der Waals surface area contributed by atoms with Crippen LogP contribution in [-0.4, -0.2) is 38.0 Å². The van der Waals surface area contributed by atoms with Crippen molar-refractivity contribution in [2.24, 2.45) is 5.92 Å². The summed E-state index contributed by atoms with van der Waals surface area (Å²) >= 11 is 0. The molecule has 1 heterocycles. The van der Waals surface area contributed by atoms with Crippen LogP contribution in [0, 0.1) is 5.92 Å². The van der Waals surface area contributed by atoms with Gasteiger partial charge in [0.25, 0.3) is 0 Å². The van der Waals surface area contributed by atoms with Gasteiger partial charge in [0.1, 0.15) is 11.7 Å². The summed E-state index contributed by atoms with van der Waals surface area (Å²) in [6.07, 6.45) is -0.0619. The number of carbonyl (C=O) groups excluding carboxylic acids is 1. The number of rotatable bonds is 7. The van der Waals surface area contributed by atoms with Crippen LogP contribution in [0.3, 0.4) is 0 Å². The van der Waals surface area contributed by atoms with E-state index in [0.29, 0.717) is 11.4 Å². The van der Waals surface area contributed by atoms with Crippen LogP contribution in [0.1, 0.15) is 19.5 Å².